The Hall–Kier alpha value is -0.350. The highest BCUT2D eigenvalue weighted by molar-refractivity contribution is 9.10. The van der Waals surface area contributed by atoms with E-state index in [1.165, 1.54) is 0 Å². The van der Waals surface area contributed by atoms with Crippen LogP contribution in [0.2, 0.25) is 0 Å². The highest BCUT2D eigenvalue weighted by Gasteiger charge is 2.11. The molecule has 0 fully saturated rings. The molecule has 76 valence electrons. The molecule has 0 bridgehead atoms. The van der Waals surface area contributed by atoms with E-state index >= 15 is 0 Å². The van der Waals surface area contributed by atoms with E-state index in [1.807, 2.05) is 13.0 Å². The maximum absolute atomic E-state index is 11.5. The summed E-state index contributed by atoms with van der Waals surface area (Å²) in [6.45, 7) is 1.94. The monoisotopic (exact) mass is 320 g/mol. The number of alkyl halides is 1. The van der Waals surface area contributed by atoms with Crippen LogP contribution in [0.4, 0.5) is 0 Å². The number of carbonyl (C=O) groups is 1. The number of benzene rings is 1. The average molecular weight is 322 g/mol. The van der Waals surface area contributed by atoms with Crippen LogP contribution in [-0.4, -0.2) is 18.2 Å². The van der Waals surface area contributed by atoms with Gasteiger partial charge in [0.2, 0.25) is 0 Å². The third-order valence-corrected chi connectivity index (χ3v) is 3.07. The number of hydrogen-bond donors (Lipinski definition) is 0. The Morgan fingerprint density at radius 2 is 2.14 bits per heavy atom. The molecular formula is C10H10Br2O2. The predicted molar refractivity (Wildman–Crippen MR) is 63.6 cm³/mol. The fourth-order valence-electron chi connectivity index (χ4n) is 1.16. The number of methoxy groups -OCH3 is 1. The second-order valence-electron chi connectivity index (χ2n) is 2.86. The Bertz CT molecular complexity index is 361. The first-order chi connectivity index (χ1) is 6.60. The molecule has 0 N–H and O–H groups in total. The van der Waals surface area contributed by atoms with Crippen LogP contribution in [0.25, 0.3) is 0 Å². The third-order valence-electron chi connectivity index (χ3n) is 1.91. The van der Waals surface area contributed by atoms with Crippen LogP contribution in [0.1, 0.15) is 15.9 Å². The average Bonchev–Trinajstić information content (AvgIpc) is 2.17. The lowest BCUT2D eigenvalue weighted by atomic mass is 10.1. The van der Waals surface area contributed by atoms with Crippen LogP contribution in [0.5, 0.6) is 5.75 Å². The highest BCUT2D eigenvalue weighted by atomic mass is 79.9. The van der Waals surface area contributed by atoms with Crippen molar-refractivity contribution >= 4 is 37.6 Å². The molecule has 0 aromatic heterocycles. The SMILES string of the molecule is COc1cc(C(=O)CBr)c(Br)cc1C. The van der Waals surface area contributed by atoms with E-state index in [0.717, 1.165) is 15.8 Å². The van der Waals surface area contributed by atoms with Gasteiger partial charge in [0.1, 0.15) is 5.75 Å². The minimum atomic E-state index is 0.0372. The van der Waals surface area contributed by atoms with Crippen molar-refractivity contribution in [1.29, 1.82) is 0 Å². The lowest BCUT2D eigenvalue weighted by molar-refractivity contribution is 0.102. The number of Topliss-reactive ketones (excluding diaryl/α,β-unsaturated/α-hetero) is 1. The summed E-state index contributed by atoms with van der Waals surface area (Å²) in [5.74, 6) is 0.771. The molecule has 0 unspecified atom stereocenters. The molecular weight excluding hydrogens is 312 g/mol. The number of aryl methyl sites for hydroxylation is 1. The molecule has 0 amide bonds. The van der Waals surface area contributed by atoms with Crippen LogP contribution in [0, 0.1) is 6.92 Å². The van der Waals surface area contributed by atoms with Crippen molar-refractivity contribution in [3.05, 3.63) is 27.7 Å². The van der Waals surface area contributed by atoms with Gasteiger partial charge in [0.25, 0.3) is 0 Å². The lowest BCUT2D eigenvalue weighted by Gasteiger charge is -2.08. The van der Waals surface area contributed by atoms with E-state index in [4.69, 9.17) is 4.74 Å². The summed E-state index contributed by atoms with van der Waals surface area (Å²) in [7, 11) is 1.60. The van der Waals surface area contributed by atoms with Crippen molar-refractivity contribution in [2.75, 3.05) is 12.4 Å². The van der Waals surface area contributed by atoms with Crippen molar-refractivity contribution in [2.45, 2.75) is 6.92 Å². The van der Waals surface area contributed by atoms with Crippen LogP contribution in [-0.2, 0) is 0 Å². The number of hydrogen-bond acceptors (Lipinski definition) is 2. The highest BCUT2D eigenvalue weighted by Crippen LogP contribution is 2.27. The molecule has 0 radical (unpaired) electrons. The Kier molecular flexibility index (Phi) is 4.13. The van der Waals surface area contributed by atoms with Crippen molar-refractivity contribution in [2.24, 2.45) is 0 Å². The number of ether oxygens (including phenoxy) is 1. The van der Waals surface area contributed by atoms with Gasteiger partial charge in [-0.3, -0.25) is 4.79 Å². The Morgan fingerprint density at radius 3 is 2.64 bits per heavy atom. The van der Waals surface area contributed by atoms with Crippen LogP contribution < -0.4 is 4.74 Å². The second kappa shape index (κ2) is 4.94. The summed E-state index contributed by atoms with van der Waals surface area (Å²) in [6, 6.07) is 3.64. The first kappa shape index (κ1) is 11.7. The molecule has 1 rings (SSSR count). The zero-order valence-electron chi connectivity index (χ0n) is 7.93. The van der Waals surface area contributed by atoms with E-state index in [9.17, 15) is 4.79 Å². The van der Waals surface area contributed by atoms with E-state index in [-0.39, 0.29) is 5.78 Å². The zero-order chi connectivity index (χ0) is 10.7. The summed E-state index contributed by atoms with van der Waals surface area (Å²) >= 11 is 6.49. The van der Waals surface area contributed by atoms with Gasteiger partial charge < -0.3 is 4.74 Å². The summed E-state index contributed by atoms with van der Waals surface area (Å²) in [5, 5.41) is 0.317. The standard InChI is InChI=1S/C10H10Br2O2/c1-6-3-8(12)7(9(13)5-11)4-10(6)14-2/h3-4H,5H2,1-2H3. The Balaban J connectivity index is 3.24. The number of rotatable bonds is 3. The molecule has 1 aromatic rings. The van der Waals surface area contributed by atoms with Crippen molar-refractivity contribution < 1.29 is 9.53 Å². The van der Waals surface area contributed by atoms with Gasteiger partial charge in [-0.1, -0.05) is 31.9 Å². The predicted octanol–water partition coefficient (Wildman–Crippen LogP) is 3.34. The van der Waals surface area contributed by atoms with Gasteiger partial charge in [-0.15, -0.1) is 0 Å². The van der Waals surface area contributed by atoms with Gasteiger partial charge in [0.15, 0.2) is 5.78 Å². The van der Waals surface area contributed by atoms with Gasteiger partial charge in [-0.25, -0.2) is 0 Å². The molecule has 2 nitrogen and oxygen atoms in total. The molecule has 0 atom stereocenters. The quantitative estimate of drug-likeness (QED) is 0.630. The fraction of sp³-hybridized carbons (Fsp3) is 0.300. The molecule has 0 saturated heterocycles. The molecule has 14 heavy (non-hydrogen) atoms. The maximum Gasteiger partial charge on any atom is 0.174 e. The Morgan fingerprint density at radius 1 is 1.50 bits per heavy atom. The number of halogens is 2. The van der Waals surface area contributed by atoms with E-state index in [2.05, 4.69) is 31.9 Å². The molecule has 0 spiro atoms. The summed E-state index contributed by atoms with van der Waals surface area (Å²) in [6.07, 6.45) is 0. The van der Waals surface area contributed by atoms with Gasteiger partial charge in [-0.2, -0.15) is 0 Å². The molecule has 0 saturated carbocycles. The third kappa shape index (κ3) is 2.36. The molecule has 0 aliphatic heterocycles. The van der Waals surface area contributed by atoms with Crippen molar-refractivity contribution in [3.63, 3.8) is 0 Å². The summed E-state index contributed by atoms with van der Waals surface area (Å²) < 4.78 is 5.95. The van der Waals surface area contributed by atoms with Gasteiger partial charge in [0.05, 0.1) is 12.4 Å². The molecule has 0 aliphatic carbocycles. The molecule has 0 aliphatic rings. The topological polar surface area (TPSA) is 26.3 Å². The maximum atomic E-state index is 11.5. The lowest BCUT2D eigenvalue weighted by Crippen LogP contribution is -2.02. The van der Waals surface area contributed by atoms with Gasteiger partial charge in [-0.05, 0) is 24.6 Å². The second-order valence-corrected chi connectivity index (χ2v) is 4.27. The van der Waals surface area contributed by atoms with Crippen molar-refractivity contribution in [1.82, 2.24) is 0 Å². The minimum Gasteiger partial charge on any atom is -0.496 e. The fourth-order valence-corrected chi connectivity index (χ4v) is 2.14. The van der Waals surface area contributed by atoms with E-state index in [0.29, 0.717) is 10.9 Å². The number of ketones is 1. The largest absolute Gasteiger partial charge is 0.496 e. The van der Waals surface area contributed by atoms with E-state index in [1.54, 1.807) is 13.2 Å². The molecule has 4 heteroatoms. The van der Waals surface area contributed by atoms with Gasteiger partial charge in [0, 0.05) is 10.0 Å². The summed E-state index contributed by atoms with van der Waals surface area (Å²) in [5.41, 5.74) is 1.65. The normalized spacial score (nSPS) is 10.0. The molecule has 1 aromatic carbocycles. The smallest absolute Gasteiger partial charge is 0.174 e. The molecule has 0 heterocycles. The first-order valence-corrected chi connectivity index (χ1v) is 5.95. The minimum absolute atomic E-state index is 0.0372. The zero-order valence-corrected chi connectivity index (χ0v) is 11.1. The van der Waals surface area contributed by atoms with E-state index < -0.39 is 0 Å². The van der Waals surface area contributed by atoms with Crippen LogP contribution >= 0.6 is 31.9 Å². The number of carbonyl (C=O) groups excluding carboxylic acids is 1. The summed E-state index contributed by atoms with van der Waals surface area (Å²) in [4.78, 5) is 11.5. The van der Waals surface area contributed by atoms with Crippen LogP contribution in [0.3, 0.4) is 0 Å². The van der Waals surface area contributed by atoms with Crippen LogP contribution in [0.15, 0.2) is 16.6 Å². The first-order valence-electron chi connectivity index (χ1n) is 4.03. The van der Waals surface area contributed by atoms with Gasteiger partial charge >= 0.3 is 0 Å². The Labute approximate surface area is 99.9 Å². The van der Waals surface area contributed by atoms with Crippen molar-refractivity contribution in [3.8, 4) is 5.75 Å².